The van der Waals surface area contributed by atoms with Crippen molar-refractivity contribution >= 4 is 39.2 Å². The molecule has 0 radical (unpaired) electrons. The zero-order valence-electron chi connectivity index (χ0n) is 11.8. The van der Waals surface area contributed by atoms with Gasteiger partial charge in [-0.1, -0.05) is 0 Å². The van der Waals surface area contributed by atoms with Gasteiger partial charge in [0, 0.05) is 12.4 Å². The zero-order valence-corrected chi connectivity index (χ0v) is 14.2. The van der Waals surface area contributed by atoms with E-state index in [0.29, 0.717) is 0 Å². The van der Waals surface area contributed by atoms with E-state index in [-0.39, 0.29) is 11.2 Å². The van der Waals surface area contributed by atoms with Crippen molar-refractivity contribution in [2.24, 2.45) is 0 Å². The number of nitrogens with zero attached hydrogens (tertiary/aromatic N) is 3. The van der Waals surface area contributed by atoms with E-state index in [2.05, 4.69) is 25.9 Å². The van der Waals surface area contributed by atoms with E-state index >= 15 is 0 Å². The number of aromatic nitrogens is 3. The molecule has 8 heteroatoms. The van der Waals surface area contributed by atoms with Crippen molar-refractivity contribution in [3.05, 3.63) is 23.3 Å². The maximum Gasteiger partial charge on any atom is 0.508 e. The van der Waals surface area contributed by atoms with E-state index in [0.717, 1.165) is 14.5 Å². The van der Waals surface area contributed by atoms with Gasteiger partial charge in [0.1, 0.15) is 10.9 Å². The Bertz CT molecular complexity index is 611. The number of hydrogen-bond donors (Lipinski definition) is 0. The maximum atomic E-state index is 6.05. The standard InChI is InChI=1S/C12H15BBrN3O2S/c1-11(2)12(3,4)19-13(18-11)8-9(14)16-10(20-8)17-6-5-15-7-17/h5-7H,1-4H3. The van der Waals surface area contributed by atoms with Crippen molar-refractivity contribution in [3.63, 3.8) is 0 Å². The van der Waals surface area contributed by atoms with Crippen LogP contribution in [0.1, 0.15) is 27.7 Å². The molecule has 1 aliphatic rings. The van der Waals surface area contributed by atoms with Crippen LogP contribution in [-0.2, 0) is 9.31 Å². The summed E-state index contributed by atoms with van der Waals surface area (Å²) in [6, 6.07) is 0. The molecule has 0 saturated carbocycles. The summed E-state index contributed by atoms with van der Waals surface area (Å²) in [5.74, 6) is 0. The van der Waals surface area contributed by atoms with Gasteiger partial charge in [0.05, 0.1) is 16.0 Å². The number of imidazole rings is 1. The van der Waals surface area contributed by atoms with Crippen LogP contribution in [0.2, 0.25) is 0 Å². The fourth-order valence-corrected chi connectivity index (χ4v) is 3.46. The van der Waals surface area contributed by atoms with E-state index in [1.165, 1.54) is 11.3 Å². The highest BCUT2D eigenvalue weighted by atomic mass is 79.9. The maximum absolute atomic E-state index is 6.05. The molecule has 0 bridgehead atoms. The minimum Gasteiger partial charge on any atom is -0.399 e. The molecule has 0 amide bonds. The molecule has 3 rings (SSSR count). The van der Waals surface area contributed by atoms with E-state index < -0.39 is 7.12 Å². The van der Waals surface area contributed by atoms with Crippen LogP contribution in [0, 0.1) is 0 Å². The second-order valence-corrected chi connectivity index (χ2v) is 7.47. The van der Waals surface area contributed by atoms with Crippen molar-refractivity contribution in [3.8, 4) is 5.13 Å². The van der Waals surface area contributed by atoms with Crippen LogP contribution in [-0.4, -0.2) is 32.9 Å². The first-order valence-electron chi connectivity index (χ1n) is 6.30. The Labute approximate surface area is 130 Å². The molecule has 0 atom stereocenters. The Kier molecular flexibility index (Phi) is 3.32. The average molecular weight is 356 g/mol. The van der Waals surface area contributed by atoms with E-state index in [1.807, 2.05) is 38.5 Å². The van der Waals surface area contributed by atoms with E-state index in [1.54, 1.807) is 12.5 Å². The minimum absolute atomic E-state index is 0.351. The smallest absolute Gasteiger partial charge is 0.399 e. The molecule has 1 aliphatic heterocycles. The molecule has 1 fully saturated rings. The van der Waals surface area contributed by atoms with Gasteiger partial charge in [0.2, 0.25) is 0 Å². The van der Waals surface area contributed by atoms with Gasteiger partial charge in [-0.15, -0.1) is 11.3 Å². The van der Waals surface area contributed by atoms with Gasteiger partial charge in [-0.3, -0.25) is 4.57 Å². The highest BCUT2D eigenvalue weighted by Crippen LogP contribution is 2.37. The van der Waals surface area contributed by atoms with Gasteiger partial charge in [0.25, 0.3) is 0 Å². The van der Waals surface area contributed by atoms with Crippen LogP contribution in [0.4, 0.5) is 0 Å². The van der Waals surface area contributed by atoms with E-state index in [9.17, 15) is 0 Å². The number of hydrogen-bond acceptors (Lipinski definition) is 5. The second kappa shape index (κ2) is 4.66. The van der Waals surface area contributed by atoms with E-state index in [4.69, 9.17) is 9.31 Å². The zero-order chi connectivity index (χ0) is 14.5. The molecule has 5 nitrogen and oxygen atoms in total. The third-order valence-electron chi connectivity index (χ3n) is 3.79. The predicted octanol–water partition coefficient (Wildman–Crippen LogP) is 2.39. The fourth-order valence-electron chi connectivity index (χ4n) is 1.88. The Morgan fingerprint density at radius 1 is 1.25 bits per heavy atom. The van der Waals surface area contributed by atoms with Crippen molar-refractivity contribution in [2.75, 3.05) is 0 Å². The molecular weight excluding hydrogens is 341 g/mol. The SMILES string of the molecule is CC1(C)OB(c2sc(-n3ccnc3)nc2Br)OC1(C)C. The lowest BCUT2D eigenvalue weighted by atomic mass is 9.89. The predicted molar refractivity (Wildman–Crippen MR) is 82.7 cm³/mol. The first kappa shape index (κ1) is 14.3. The summed E-state index contributed by atoms with van der Waals surface area (Å²) in [4.78, 5) is 8.52. The van der Waals surface area contributed by atoms with Gasteiger partial charge in [-0.05, 0) is 43.6 Å². The summed E-state index contributed by atoms with van der Waals surface area (Å²) < 4.78 is 15.7. The van der Waals surface area contributed by atoms with Gasteiger partial charge in [-0.25, -0.2) is 9.97 Å². The third-order valence-corrected chi connectivity index (χ3v) is 5.75. The Balaban J connectivity index is 1.93. The monoisotopic (exact) mass is 355 g/mol. The molecule has 20 heavy (non-hydrogen) atoms. The lowest BCUT2D eigenvalue weighted by molar-refractivity contribution is 0.00578. The Morgan fingerprint density at radius 2 is 1.90 bits per heavy atom. The molecule has 2 aromatic heterocycles. The number of rotatable bonds is 2. The van der Waals surface area contributed by atoms with Crippen molar-refractivity contribution in [1.29, 1.82) is 0 Å². The molecule has 0 spiro atoms. The first-order valence-corrected chi connectivity index (χ1v) is 7.91. The van der Waals surface area contributed by atoms with Gasteiger partial charge < -0.3 is 9.31 Å². The third kappa shape index (κ3) is 2.24. The first-order chi connectivity index (χ1) is 9.30. The number of thiazole rings is 1. The van der Waals surface area contributed by atoms with Gasteiger partial charge in [-0.2, -0.15) is 0 Å². The average Bonchev–Trinajstić information content (AvgIpc) is 2.98. The Morgan fingerprint density at radius 3 is 2.45 bits per heavy atom. The fraction of sp³-hybridized carbons (Fsp3) is 0.500. The van der Waals surface area contributed by atoms with Gasteiger partial charge >= 0.3 is 7.12 Å². The summed E-state index contributed by atoms with van der Waals surface area (Å²) in [5.41, 5.74) is -0.702. The summed E-state index contributed by atoms with van der Waals surface area (Å²) >= 11 is 5.02. The summed E-state index contributed by atoms with van der Waals surface area (Å²) in [7, 11) is -0.399. The molecule has 0 unspecified atom stereocenters. The molecule has 2 aromatic rings. The van der Waals surface area contributed by atoms with Crippen molar-refractivity contribution in [2.45, 2.75) is 38.9 Å². The van der Waals surface area contributed by atoms with Crippen LogP contribution in [0.5, 0.6) is 0 Å². The topological polar surface area (TPSA) is 49.2 Å². The second-order valence-electron chi connectivity index (χ2n) is 5.71. The quantitative estimate of drug-likeness (QED) is 0.776. The highest BCUT2D eigenvalue weighted by Gasteiger charge is 2.53. The molecule has 1 saturated heterocycles. The van der Waals surface area contributed by atoms with Crippen LogP contribution in [0.15, 0.2) is 23.3 Å². The molecule has 0 aromatic carbocycles. The summed E-state index contributed by atoms with van der Waals surface area (Å²) in [6.07, 6.45) is 5.31. The normalized spacial score (nSPS) is 20.6. The van der Waals surface area contributed by atoms with Gasteiger partial charge in [0.15, 0.2) is 5.13 Å². The molecule has 0 N–H and O–H groups in total. The Hall–Kier alpha value is -0.695. The summed E-state index contributed by atoms with van der Waals surface area (Å²) in [5, 5.41) is 0.832. The molecular formula is C12H15BBrN3O2S. The lowest BCUT2D eigenvalue weighted by Crippen LogP contribution is -2.41. The lowest BCUT2D eigenvalue weighted by Gasteiger charge is -2.32. The molecule has 106 valence electrons. The highest BCUT2D eigenvalue weighted by molar-refractivity contribution is 9.10. The number of halogens is 1. The molecule has 0 aliphatic carbocycles. The minimum atomic E-state index is -0.399. The van der Waals surface area contributed by atoms with Crippen LogP contribution in [0.3, 0.4) is 0 Å². The summed E-state index contributed by atoms with van der Waals surface area (Å²) in [6.45, 7) is 8.16. The van der Waals surface area contributed by atoms with Crippen LogP contribution >= 0.6 is 27.3 Å². The van der Waals surface area contributed by atoms with Crippen LogP contribution < -0.4 is 4.78 Å². The van der Waals surface area contributed by atoms with Crippen LogP contribution in [0.25, 0.3) is 5.13 Å². The van der Waals surface area contributed by atoms with Crippen molar-refractivity contribution < 1.29 is 9.31 Å². The molecule has 3 heterocycles. The largest absolute Gasteiger partial charge is 0.508 e. The van der Waals surface area contributed by atoms with Crippen molar-refractivity contribution in [1.82, 2.24) is 14.5 Å².